The molecule has 0 unspecified atom stereocenters. The fraction of sp³-hybridized carbons (Fsp3) is 0.105. The summed E-state index contributed by atoms with van der Waals surface area (Å²) in [5.41, 5.74) is 4.14. The zero-order valence-electron chi connectivity index (χ0n) is 13.5. The van der Waals surface area contributed by atoms with E-state index < -0.39 is 0 Å². The molecule has 0 aliphatic carbocycles. The Morgan fingerprint density at radius 2 is 2.21 bits per heavy atom. The Balaban J connectivity index is 1.64. The molecule has 5 heteroatoms. The lowest BCUT2D eigenvalue weighted by molar-refractivity contribution is -0.614. The van der Waals surface area contributed by atoms with E-state index in [1.807, 2.05) is 48.1 Å². The van der Waals surface area contributed by atoms with Crippen LogP contribution >= 0.6 is 0 Å². The number of hydrogen-bond acceptors (Lipinski definition) is 2. The number of pyridine rings is 1. The molecular formula is C19H17N3OS. The number of aryl methyl sites for hydroxylation is 2. The molecule has 2 aromatic heterocycles. The van der Waals surface area contributed by atoms with E-state index in [-0.39, 0.29) is 5.91 Å². The summed E-state index contributed by atoms with van der Waals surface area (Å²) >= 11 is 1.57. The summed E-state index contributed by atoms with van der Waals surface area (Å²) < 4.78 is 1.80. The van der Waals surface area contributed by atoms with Gasteiger partial charge in [-0.3, -0.25) is 4.57 Å². The zero-order chi connectivity index (χ0) is 16.7. The summed E-state index contributed by atoms with van der Waals surface area (Å²) in [6.45, 7) is 4.04. The Labute approximate surface area is 144 Å². The van der Waals surface area contributed by atoms with E-state index in [1.54, 1.807) is 22.1 Å². The number of carbonyl (C=O) groups is 1. The van der Waals surface area contributed by atoms with Gasteiger partial charge in [-0.1, -0.05) is 47.0 Å². The molecule has 3 aromatic rings. The molecule has 0 saturated carbocycles. The van der Waals surface area contributed by atoms with Crippen LogP contribution in [0.25, 0.3) is 10.9 Å². The second kappa shape index (κ2) is 5.78. The first-order valence-corrected chi connectivity index (χ1v) is 8.64. The molecule has 2 N–H and O–H groups in total. The maximum Gasteiger partial charge on any atom is 0.263 e. The molecule has 120 valence electrons. The predicted molar refractivity (Wildman–Crippen MR) is 95.0 cm³/mol. The minimum atomic E-state index is 0.0118. The first-order valence-electron chi connectivity index (χ1n) is 7.76. The monoisotopic (exact) mass is 335 g/mol. The van der Waals surface area contributed by atoms with Crippen LogP contribution in [-0.4, -0.2) is 16.3 Å². The highest BCUT2D eigenvalue weighted by molar-refractivity contribution is 7.81. The number of rotatable bonds is 2. The molecule has 4 nitrogen and oxygen atoms in total. The Morgan fingerprint density at radius 1 is 1.33 bits per heavy atom. The Kier molecular flexibility index (Phi) is 3.59. The molecule has 1 aromatic carbocycles. The maximum atomic E-state index is 13.0. The summed E-state index contributed by atoms with van der Waals surface area (Å²) in [5, 5.41) is 6.02. The van der Waals surface area contributed by atoms with Crippen LogP contribution in [0.4, 0.5) is 0 Å². The molecule has 1 aliphatic heterocycles. The zero-order valence-corrected chi connectivity index (χ0v) is 14.3. The Hall–Kier alpha value is -2.63. The number of aromatic nitrogens is 2. The molecular weight excluding hydrogens is 318 g/mol. The van der Waals surface area contributed by atoms with E-state index in [9.17, 15) is 4.79 Å². The lowest BCUT2D eigenvalue weighted by atomic mass is 10.2. The standard InChI is InChI=1S/C19H17N3OS/c1-12-5-6-17-15(8-12)9-13(2)22(17)19(23)16-11-24-18(21-16)14-4-3-7-20-10-14/h3-11H,21H2,1-2H3. The normalized spacial score (nSPS) is 13.9. The molecule has 0 bridgehead atoms. The van der Waals surface area contributed by atoms with Crippen LogP contribution in [0.5, 0.6) is 0 Å². The van der Waals surface area contributed by atoms with Crippen molar-refractivity contribution >= 4 is 33.5 Å². The van der Waals surface area contributed by atoms with Crippen molar-refractivity contribution < 1.29 is 14.7 Å². The van der Waals surface area contributed by atoms with Gasteiger partial charge in [0.1, 0.15) is 0 Å². The van der Waals surface area contributed by atoms with Gasteiger partial charge in [0.15, 0.2) is 11.4 Å². The minimum absolute atomic E-state index is 0.0118. The largest absolute Gasteiger partial charge is 0.416 e. The Bertz CT molecular complexity index is 946. The van der Waals surface area contributed by atoms with E-state index in [2.05, 4.69) is 24.0 Å². The summed E-state index contributed by atoms with van der Waals surface area (Å²) in [6.07, 6.45) is 3.57. The molecule has 24 heavy (non-hydrogen) atoms. The fourth-order valence-electron chi connectivity index (χ4n) is 2.98. The maximum absolute atomic E-state index is 13.0. The lowest BCUT2D eigenvalue weighted by Gasteiger charge is -2.18. The van der Waals surface area contributed by atoms with E-state index in [0.717, 1.165) is 27.5 Å². The molecule has 0 saturated heterocycles. The summed E-state index contributed by atoms with van der Waals surface area (Å²) in [6, 6.07) is 12.9. The summed E-state index contributed by atoms with van der Waals surface area (Å²) in [4.78, 5) is 17.2. The molecule has 0 radical (unpaired) electrons. The molecule has 0 spiro atoms. The number of nitrogens with two attached hydrogens (primary N) is 1. The topological polar surface area (TPSA) is 50.5 Å². The van der Waals surface area contributed by atoms with Crippen molar-refractivity contribution in [1.82, 2.24) is 4.98 Å². The van der Waals surface area contributed by atoms with Crippen LogP contribution in [0.1, 0.15) is 21.6 Å². The van der Waals surface area contributed by atoms with Crippen molar-refractivity contribution in [2.75, 3.05) is 0 Å². The number of benzene rings is 1. The number of carbonyl (C=O) groups excluding carboxylic acids is 1. The summed E-state index contributed by atoms with van der Waals surface area (Å²) in [5.74, 6) is 0.0118. The van der Waals surface area contributed by atoms with Crippen LogP contribution in [-0.2, 0) is 11.4 Å². The van der Waals surface area contributed by atoms with Crippen molar-refractivity contribution in [2.24, 2.45) is 0 Å². The third-order valence-electron chi connectivity index (χ3n) is 4.14. The van der Waals surface area contributed by atoms with Crippen LogP contribution in [0, 0.1) is 25.3 Å². The second-order valence-corrected chi connectivity index (χ2v) is 6.84. The van der Waals surface area contributed by atoms with Gasteiger partial charge in [-0.05, 0) is 32.2 Å². The van der Waals surface area contributed by atoms with Gasteiger partial charge in [0.05, 0.1) is 16.6 Å². The fourth-order valence-corrected chi connectivity index (χ4v) is 3.85. The lowest BCUT2D eigenvalue weighted by Crippen LogP contribution is -2.88. The van der Waals surface area contributed by atoms with Crippen LogP contribution in [0.3, 0.4) is 0 Å². The predicted octanol–water partition coefficient (Wildman–Crippen LogP) is 1.03. The number of fused-ring (bicyclic) bond motifs is 1. The number of quaternary nitrogens is 1. The highest BCUT2D eigenvalue weighted by Gasteiger charge is 2.29. The van der Waals surface area contributed by atoms with Gasteiger partial charge in [0, 0.05) is 0 Å². The highest BCUT2D eigenvalue weighted by atomic mass is 32.1. The smallest absolute Gasteiger partial charge is 0.263 e. The van der Waals surface area contributed by atoms with Crippen molar-refractivity contribution in [3.63, 3.8) is 0 Å². The van der Waals surface area contributed by atoms with Gasteiger partial charge in [0.2, 0.25) is 5.91 Å². The van der Waals surface area contributed by atoms with E-state index in [4.69, 9.17) is 0 Å². The minimum Gasteiger partial charge on any atom is -0.416 e. The quantitative estimate of drug-likeness (QED) is 0.329. The third kappa shape index (κ3) is 2.48. The van der Waals surface area contributed by atoms with Gasteiger partial charge < -0.3 is 15.1 Å². The summed E-state index contributed by atoms with van der Waals surface area (Å²) in [7, 11) is 0. The molecule has 3 heterocycles. The van der Waals surface area contributed by atoms with Crippen LogP contribution < -0.4 is 9.88 Å². The van der Waals surface area contributed by atoms with Gasteiger partial charge in [0.25, 0.3) is 5.37 Å². The van der Waals surface area contributed by atoms with Gasteiger partial charge >= 0.3 is 0 Å². The van der Waals surface area contributed by atoms with E-state index in [1.165, 1.54) is 5.56 Å². The third-order valence-corrected chi connectivity index (χ3v) is 5.12. The average Bonchev–Trinajstić information content (AvgIpc) is 3.19. The molecule has 4 rings (SSSR count). The average molecular weight is 335 g/mol. The van der Waals surface area contributed by atoms with Crippen molar-refractivity contribution in [2.45, 2.75) is 13.8 Å². The molecule has 0 amide bonds. The van der Waals surface area contributed by atoms with Crippen LogP contribution in [0.15, 0.2) is 48.8 Å². The Morgan fingerprint density at radius 3 is 3.00 bits per heavy atom. The van der Waals surface area contributed by atoms with E-state index >= 15 is 0 Å². The molecule has 0 fully saturated rings. The molecule has 1 aliphatic rings. The first-order chi connectivity index (χ1) is 11.6. The SMILES string of the molecule is Cc1ccc2c(c1)c[c-](C)[n+]2C(=O)[C-]1C=[S+][C-](c2cccnc2)[NH2+]1. The first kappa shape index (κ1) is 14.9. The molecule has 0 atom stereocenters. The number of nitrogens with zero attached hydrogens (tertiary/aromatic N) is 2. The van der Waals surface area contributed by atoms with Gasteiger partial charge in [-0.25, -0.2) is 0 Å². The van der Waals surface area contributed by atoms with Crippen molar-refractivity contribution in [3.8, 4) is 0 Å². The van der Waals surface area contributed by atoms with Crippen molar-refractivity contribution in [3.05, 3.63) is 77.0 Å². The number of hydrogen-bond donors (Lipinski definition) is 1. The van der Waals surface area contributed by atoms with E-state index in [0.29, 0.717) is 6.04 Å². The van der Waals surface area contributed by atoms with Gasteiger partial charge in [-0.15, -0.1) is 6.07 Å². The second-order valence-electron chi connectivity index (χ2n) is 5.93. The van der Waals surface area contributed by atoms with Gasteiger partial charge in [-0.2, -0.15) is 0 Å². The van der Waals surface area contributed by atoms with Crippen molar-refractivity contribution in [1.29, 1.82) is 0 Å². The highest BCUT2D eigenvalue weighted by Crippen LogP contribution is 2.16. The van der Waals surface area contributed by atoms with Crippen LogP contribution in [0.2, 0.25) is 0 Å².